The molecule has 1 aliphatic heterocycles. The Morgan fingerprint density at radius 1 is 1.19 bits per heavy atom. The Morgan fingerprint density at radius 2 is 1.90 bits per heavy atom. The summed E-state index contributed by atoms with van der Waals surface area (Å²) in [6.45, 7) is 5.82. The number of benzene rings is 1. The maximum Gasteiger partial charge on any atom is 0.123 e. The van der Waals surface area contributed by atoms with Gasteiger partial charge in [0.25, 0.3) is 0 Å². The van der Waals surface area contributed by atoms with E-state index in [9.17, 15) is 4.39 Å². The minimum absolute atomic E-state index is 0.143. The second kappa shape index (κ2) is 6.45. The summed E-state index contributed by atoms with van der Waals surface area (Å²) in [5.41, 5.74) is 1.61. The molecule has 1 aromatic carbocycles. The summed E-state index contributed by atoms with van der Waals surface area (Å²) >= 11 is 0. The number of halogens is 1. The lowest BCUT2D eigenvalue weighted by Gasteiger charge is -2.36. The maximum absolute atomic E-state index is 13.0. The number of hydrogen-bond donors (Lipinski definition) is 1. The average molecular weight is 290 g/mol. The highest BCUT2D eigenvalue weighted by molar-refractivity contribution is 5.17. The van der Waals surface area contributed by atoms with Crippen LogP contribution in [0.25, 0.3) is 0 Å². The summed E-state index contributed by atoms with van der Waals surface area (Å²) in [7, 11) is 0. The smallest absolute Gasteiger partial charge is 0.123 e. The lowest BCUT2D eigenvalue weighted by Crippen LogP contribution is -2.51. The molecule has 2 nitrogen and oxygen atoms in total. The molecule has 1 atom stereocenters. The molecule has 1 heterocycles. The summed E-state index contributed by atoms with van der Waals surface area (Å²) in [4.78, 5) is 2.65. The zero-order valence-corrected chi connectivity index (χ0v) is 13.1. The van der Waals surface area contributed by atoms with Gasteiger partial charge in [-0.15, -0.1) is 0 Å². The molecular weight excluding hydrogens is 263 g/mol. The Bertz CT molecular complexity index is 451. The summed E-state index contributed by atoms with van der Waals surface area (Å²) in [6, 6.07) is 7.52. The van der Waals surface area contributed by atoms with Crippen LogP contribution < -0.4 is 5.32 Å². The molecule has 1 saturated heterocycles. The standard InChI is InChI=1S/C18H27FN2/c1-15(13-16-5-7-17(19)8-6-16)21-12-4-11-20-18(14-21)9-2-3-10-18/h5-8,15,20H,2-4,9-14H2,1H3. The molecule has 1 unspecified atom stereocenters. The van der Waals surface area contributed by atoms with Gasteiger partial charge < -0.3 is 5.32 Å². The Kier molecular flexibility index (Phi) is 4.60. The van der Waals surface area contributed by atoms with Gasteiger partial charge in [0.1, 0.15) is 5.82 Å². The van der Waals surface area contributed by atoms with Gasteiger partial charge in [-0.3, -0.25) is 4.90 Å². The highest BCUT2D eigenvalue weighted by Crippen LogP contribution is 2.32. The van der Waals surface area contributed by atoms with Crippen LogP contribution in [0.4, 0.5) is 4.39 Å². The monoisotopic (exact) mass is 290 g/mol. The normalized spacial score (nSPS) is 24.1. The van der Waals surface area contributed by atoms with Crippen LogP contribution in [0.3, 0.4) is 0 Å². The minimum atomic E-state index is -0.143. The van der Waals surface area contributed by atoms with Gasteiger partial charge in [0.15, 0.2) is 0 Å². The van der Waals surface area contributed by atoms with Crippen molar-refractivity contribution in [1.82, 2.24) is 10.2 Å². The molecule has 2 fully saturated rings. The molecule has 3 rings (SSSR count). The first-order valence-electron chi connectivity index (χ1n) is 8.40. The summed E-state index contributed by atoms with van der Waals surface area (Å²) in [6.07, 6.45) is 7.63. The second-order valence-corrected chi connectivity index (χ2v) is 6.92. The molecule has 0 bridgehead atoms. The third kappa shape index (κ3) is 3.64. The first-order chi connectivity index (χ1) is 10.2. The SMILES string of the molecule is CC(Cc1ccc(F)cc1)N1CCCNC2(CCCC2)C1. The lowest BCUT2D eigenvalue weighted by molar-refractivity contribution is 0.164. The third-order valence-corrected chi connectivity index (χ3v) is 5.26. The van der Waals surface area contributed by atoms with E-state index >= 15 is 0 Å². The average Bonchev–Trinajstić information content (AvgIpc) is 2.82. The van der Waals surface area contributed by atoms with E-state index in [0.717, 1.165) is 13.0 Å². The molecule has 0 amide bonds. The van der Waals surface area contributed by atoms with Crippen LogP contribution in [0.5, 0.6) is 0 Å². The van der Waals surface area contributed by atoms with Crippen LogP contribution in [0.15, 0.2) is 24.3 Å². The van der Waals surface area contributed by atoms with E-state index in [2.05, 4.69) is 17.1 Å². The van der Waals surface area contributed by atoms with E-state index < -0.39 is 0 Å². The highest BCUT2D eigenvalue weighted by atomic mass is 19.1. The fourth-order valence-corrected chi connectivity index (χ4v) is 4.01. The van der Waals surface area contributed by atoms with E-state index in [0.29, 0.717) is 11.6 Å². The topological polar surface area (TPSA) is 15.3 Å². The lowest BCUT2D eigenvalue weighted by atomic mass is 9.96. The summed E-state index contributed by atoms with van der Waals surface area (Å²) in [5.74, 6) is -0.143. The van der Waals surface area contributed by atoms with E-state index in [4.69, 9.17) is 0 Å². The molecule has 2 aliphatic rings. The predicted molar refractivity (Wildman–Crippen MR) is 85.0 cm³/mol. The quantitative estimate of drug-likeness (QED) is 0.918. The Labute approximate surface area is 127 Å². The van der Waals surface area contributed by atoms with Crippen LogP contribution >= 0.6 is 0 Å². The zero-order valence-electron chi connectivity index (χ0n) is 13.1. The molecule has 0 radical (unpaired) electrons. The zero-order chi connectivity index (χ0) is 14.7. The number of rotatable bonds is 3. The van der Waals surface area contributed by atoms with Gasteiger partial charge in [0.2, 0.25) is 0 Å². The fraction of sp³-hybridized carbons (Fsp3) is 0.667. The molecule has 0 aromatic heterocycles. The van der Waals surface area contributed by atoms with Crippen molar-refractivity contribution >= 4 is 0 Å². The predicted octanol–water partition coefficient (Wildman–Crippen LogP) is 3.36. The maximum atomic E-state index is 13.0. The molecule has 1 aromatic rings. The molecule has 21 heavy (non-hydrogen) atoms. The van der Waals surface area contributed by atoms with E-state index in [1.807, 2.05) is 12.1 Å². The van der Waals surface area contributed by atoms with Crippen molar-refractivity contribution in [3.8, 4) is 0 Å². The van der Waals surface area contributed by atoms with E-state index in [1.54, 1.807) is 12.1 Å². The van der Waals surface area contributed by atoms with Crippen molar-refractivity contribution in [3.63, 3.8) is 0 Å². The van der Waals surface area contributed by atoms with Gasteiger partial charge in [-0.25, -0.2) is 4.39 Å². The molecular formula is C18H27FN2. The van der Waals surface area contributed by atoms with Gasteiger partial charge in [-0.2, -0.15) is 0 Å². The Morgan fingerprint density at radius 3 is 2.62 bits per heavy atom. The summed E-state index contributed by atoms with van der Waals surface area (Å²) in [5, 5.41) is 3.82. The van der Waals surface area contributed by atoms with Crippen molar-refractivity contribution < 1.29 is 4.39 Å². The van der Waals surface area contributed by atoms with Gasteiger partial charge >= 0.3 is 0 Å². The van der Waals surface area contributed by atoms with Crippen molar-refractivity contribution in [3.05, 3.63) is 35.6 Å². The third-order valence-electron chi connectivity index (χ3n) is 5.26. The van der Waals surface area contributed by atoms with Crippen LogP contribution in [-0.4, -0.2) is 36.1 Å². The molecule has 1 N–H and O–H groups in total. The van der Waals surface area contributed by atoms with Crippen LogP contribution in [-0.2, 0) is 6.42 Å². The minimum Gasteiger partial charge on any atom is -0.310 e. The van der Waals surface area contributed by atoms with Crippen LogP contribution in [0.1, 0.15) is 44.6 Å². The fourth-order valence-electron chi connectivity index (χ4n) is 4.01. The Balaban J connectivity index is 1.65. The molecule has 1 saturated carbocycles. The number of nitrogens with one attached hydrogen (secondary N) is 1. The molecule has 116 valence electrons. The summed E-state index contributed by atoms with van der Waals surface area (Å²) < 4.78 is 13.0. The van der Waals surface area contributed by atoms with Crippen LogP contribution in [0.2, 0.25) is 0 Å². The molecule has 1 spiro atoms. The second-order valence-electron chi connectivity index (χ2n) is 6.92. The number of nitrogens with zero attached hydrogens (tertiary/aromatic N) is 1. The van der Waals surface area contributed by atoms with Crippen molar-refractivity contribution in [2.24, 2.45) is 0 Å². The highest BCUT2D eigenvalue weighted by Gasteiger charge is 2.37. The van der Waals surface area contributed by atoms with E-state index in [-0.39, 0.29) is 5.82 Å². The number of hydrogen-bond acceptors (Lipinski definition) is 2. The van der Waals surface area contributed by atoms with Crippen molar-refractivity contribution in [1.29, 1.82) is 0 Å². The van der Waals surface area contributed by atoms with Crippen molar-refractivity contribution in [2.75, 3.05) is 19.6 Å². The van der Waals surface area contributed by atoms with Crippen molar-refractivity contribution in [2.45, 2.75) is 57.0 Å². The molecule has 1 aliphatic carbocycles. The molecule has 3 heteroatoms. The first kappa shape index (κ1) is 15.0. The van der Waals surface area contributed by atoms with Gasteiger partial charge in [-0.05, 0) is 63.4 Å². The van der Waals surface area contributed by atoms with Gasteiger partial charge in [0.05, 0.1) is 0 Å². The van der Waals surface area contributed by atoms with Crippen LogP contribution in [0, 0.1) is 5.82 Å². The van der Waals surface area contributed by atoms with Gasteiger partial charge in [-0.1, -0.05) is 25.0 Å². The van der Waals surface area contributed by atoms with E-state index in [1.165, 1.54) is 50.8 Å². The Hall–Kier alpha value is -0.930. The first-order valence-corrected chi connectivity index (χ1v) is 8.40. The largest absolute Gasteiger partial charge is 0.310 e. The van der Waals surface area contributed by atoms with Gasteiger partial charge in [0, 0.05) is 18.1 Å².